The van der Waals surface area contributed by atoms with Crippen LogP contribution in [0.5, 0.6) is 0 Å². The molecule has 1 unspecified atom stereocenters. The molecule has 20 nitrogen and oxygen atoms in total. The van der Waals surface area contributed by atoms with Crippen LogP contribution >= 0.6 is 0 Å². The predicted molar refractivity (Wildman–Crippen MR) is 290 cm³/mol. The molecule has 4 aliphatic rings. The average Bonchev–Trinajstić information content (AvgIpc) is 4.20. The van der Waals surface area contributed by atoms with Crippen LogP contribution in [0, 0.1) is 13.8 Å². The molecule has 20 heteroatoms. The Kier molecular flexibility index (Phi) is 19.4. The lowest BCUT2D eigenvalue weighted by Gasteiger charge is -2.36. The number of ether oxygens (including phenoxy) is 6. The van der Waals surface area contributed by atoms with Gasteiger partial charge in [0.1, 0.15) is 29.0 Å². The number of anilines is 3. The van der Waals surface area contributed by atoms with Gasteiger partial charge in [0, 0.05) is 73.2 Å². The molecule has 4 amide bonds. The number of imidazole rings is 1. The van der Waals surface area contributed by atoms with E-state index in [0.29, 0.717) is 136 Å². The van der Waals surface area contributed by atoms with Gasteiger partial charge in [0.2, 0.25) is 11.8 Å². The van der Waals surface area contributed by atoms with Gasteiger partial charge in [0.05, 0.1) is 103 Å². The quantitative estimate of drug-likeness (QED) is 0.0353. The van der Waals surface area contributed by atoms with Crippen LogP contribution in [0.4, 0.5) is 17.2 Å². The maximum absolute atomic E-state index is 13.3. The molecule has 3 aliphatic heterocycles. The molecule has 1 saturated carbocycles. The Morgan fingerprint density at radius 1 is 0.740 bits per heavy atom. The Morgan fingerprint density at radius 2 is 1.39 bits per heavy atom. The van der Waals surface area contributed by atoms with Crippen LogP contribution < -0.4 is 20.9 Å². The summed E-state index contributed by atoms with van der Waals surface area (Å²) >= 11 is 0. The van der Waals surface area contributed by atoms with Crippen LogP contribution in [0.3, 0.4) is 0 Å². The Labute approximate surface area is 449 Å². The first-order valence-electron chi connectivity index (χ1n) is 27.2. The number of imide groups is 1. The van der Waals surface area contributed by atoms with Crippen molar-refractivity contribution in [1.29, 1.82) is 0 Å². The van der Waals surface area contributed by atoms with Crippen LogP contribution in [-0.2, 0) is 38.0 Å². The zero-order chi connectivity index (χ0) is 53.5. The fourth-order valence-corrected chi connectivity index (χ4v) is 10.4. The number of carbonyl (C=O) groups is 4. The molecule has 1 atom stereocenters. The zero-order valence-electron chi connectivity index (χ0n) is 44.5. The number of nitrogens with one attached hydrogen (secondary N) is 3. The SMILES string of the molecule is C=C1CCC(N2C(=O)c3cccc(NCCOCCOCCOCCOCCOCCOCCC(=O)N4CCN(c5ccc(-c6nc7cc(-c8c(C)noc8C)ccn7c6NC6CCCCC6)cc5)CC4)c3C2=O)C(=O)N1. The van der Waals surface area contributed by atoms with Gasteiger partial charge >= 0.3 is 0 Å². The van der Waals surface area contributed by atoms with E-state index in [1.165, 1.54) is 19.3 Å². The summed E-state index contributed by atoms with van der Waals surface area (Å²) in [6.45, 7) is 15.8. The summed E-state index contributed by atoms with van der Waals surface area (Å²) in [5.74, 6) is 0.566. The fraction of sp³-hybridized carbons (Fsp3) is 0.509. The Hall–Kier alpha value is -6.68. The van der Waals surface area contributed by atoms with Gasteiger partial charge in [-0.1, -0.05) is 49.2 Å². The highest BCUT2D eigenvalue weighted by Crippen LogP contribution is 2.36. The number of rotatable bonds is 28. The predicted octanol–water partition coefficient (Wildman–Crippen LogP) is 6.66. The highest BCUT2D eigenvalue weighted by atomic mass is 16.6. The third-order valence-corrected chi connectivity index (χ3v) is 14.5. The lowest BCUT2D eigenvalue weighted by atomic mass is 9.95. The first-order valence-corrected chi connectivity index (χ1v) is 27.2. The zero-order valence-corrected chi connectivity index (χ0v) is 44.5. The second kappa shape index (κ2) is 27.1. The number of fused-ring (bicyclic) bond motifs is 2. The van der Waals surface area contributed by atoms with Crippen molar-refractivity contribution in [3.8, 4) is 22.4 Å². The second-order valence-electron chi connectivity index (χ2n) is 19.8. The van der Waals surface area contributed by atoms with E-state index in [2.05, 4.69) is 79.6 Å². The molecule has 77 heavy (non-hydrogen) atoms. The number of carbonyl (C=O) groups excluding carboxylic acids is 4. The number of hydrogen-bond donors (Lipinski definition) is 3. The summed E-state index contributed by atoms with van der Waals surface area (Å²) in [4.78, 5) is 62.5. The normalized spacial score (nSPS) is 17.2. The van der Waals surface area contributed by atoms with Crippen molar-refractivity contribution in [2.45, 2.75) is 77.3 Å². The van der Waals surface area contributed by atoms with Gasteiger partial charge in [0.15, 0.2) is 0 Å². The number of amides is 4. The smallest absolute Gasteiger partial charge is 0.264 e. The van der Waals surface area contributed by atoms with E-state index in [9.17, 15) is 19.2 Å². The third kappa shape index (κ3) is 13.9. The van der Waals surface area contributed by atoms with Crippen molar-refractivity contribution in [2.75, 3.05) is 128 Å². The maximum atomic E-state index is 13.3. The van der Waals surface area contributed by atoms with E-state index in [0.717, 1.165) is 81.8 Å². The lowest BCUT2D eigenvalue weighted by Crippen LogP contribution is -2.51. The van der Waals surface area contributed by atoms with Crippen LogP contribution in [-0.4, -0.2) is 172 Å². The van der Waals surface area contributed by atoms with E-state index >= 15 is 0 Å². The monoisotopic (exact) mass is 1060 g/mol. The molecule has 6 heterocycles. The van der Waals surface area contributed by atoms with Crippen LogP contribution in [0.2, 0.25) is 0 Å². The Balaban J connectivity index is 0.572. The molecule has 0 spiro atoms. The summed E-state index contributed by atoms with van der Waals surface area (Å²) in [5.41, 5.74) is 8.55. The number of allylic oxidation sites excluding steroid dienone is 1. The molecular formula is C57H73N9O11. The average molecular weight is 1060 g/mol. The standard InChI is InChI=1S/C57H73N9O11/c1-39-12-17-48(55(68)59-39)66-56(69)46-10-7-11-47(52(46)57(66)70)58-20-27-72-29-31-74-33-35-76-37-36-75-34-32-73-30-28-71-26-19-50(67)64-24-22-63(23-25-64)45-15-13-42(14-16-45)53-54(60-44-8-5-4-6-9-44)65-21-18-43(38-49(65)61-53)51-40(2)62-77-41(51)3/h7,10-11,13-16,18,21,38,44,48,58,60H,1,4-6,8-9,12,17,19-20,22-37H2,2-3H3,(H,59,68). The fourth-order valence-electron chi connectivity index (χ4n) is 10.4. The van der Waals surface area contributed by atoms with Crippen LogP contribution in [0.1, 0.15) is 83.5 Å². The molecule has 3 N–H and O–H groups in total. The minimum absolute atomic E-state index is 0.100. The summed E-state index contributed by atoms with van der Waals surface area (Å²) in [7, 11) is 0. The molecular weight excluding hydrogens is 987 g/mol. The van der Waals surface area contributed by atoms with Crippen molar-refractivity contribution in [3.05, 3.63) is 95.7 Å². The van der Waals surface area contributed by atoms with Gasteiger partial charge in [0.25, 0.3) is 11.8 Å². The summed E-state index contributed by atoms with van der Waals surface area (Å²) in [5, 5.41) is 13.9. The van der Waals surface area contributed by atoms with E-state index in [1.807, 2.05) is 18.7 Å². The van der Waals surface area contributed by atoms with E-state index in [4.69, 9.17) is 37.9 Å². The number of aromatic nitrogens is 3. The van der Waals surface area contributed by atoms with Crippen molar-refractivity contribution in [2.24, 2.45) is 0 Å². The van der Waals surface area contributed by atoms with Crippen molar-refractivity contribution < 1.29 is 52.1 Å². The summed E-state index contributed by atoms with van der Waals surface area (Å²) in [6, 6.07) is 17.5. The largest absolute Gasteiger partial charge is 0.382 e. The topological polar surface area (TPSA) is 213 Å². The van der Waals surface area contributed by atoms with Gasteiger partial charge in [-0.05, 0) is 81.5 Å². The van der Waals surface area contributed by atoms with Crippen molar-refractivity contribution >= 4 is 46.5 Å². The van der Waals surface area contributed by atoms with Gasteiger partial charge in [-0.25, -0.2) is 4.98 Å². The number of piperidine rings is 1. The first kappa shape index (κ1) is 55.1. The summed E-state index contributed by atoms with van der Waals surface area (Å²) in [6.07, 6.45) is 9.36. The Bertz CT molecular complexity index is 2800. The number of pyridine rings is 1. The summed E-state index contributed by atoms with van der Waals surface area (Å²) < 4.78 is 41.4. The highest BCUT2D eigenvalue weighted by Gasteiger charge is 2.45. The molecule has 0 bridgehead atoms. The molecule has 3 aromatic heterocycles. The van der Waals surface area contributed by atoms with Gasteiger partial charge < -0.3 is 58.7 Å². The molecule has 0 radical (unpaired) electrons. The lowest BCUT2D eigenvalue weighted by molar-refractivity contribution is -0.132. The van der Waals surface area contributed by atoms with Crippen molar-refractivity contribution in [1.82, 2.24) is 29.7 Å². The number of aryl methyl sites for hydroxylation is 2. The maximum Gasteiger partial charge on any atom is 0.264 e. The third-order valence-electron chi connectivity index (χ3n) is 14.5. The van der Waals surface area contributed by atoms with E-state index in [-0.39, 0.29) is 17.0 Å². The molecule has 2 saturated heterocycles. The minimum atomic E-state index is -0.860. The van der Waals surface area contributed by atoms with E-state index < -0.39 is 23.8 Å². The molecule has 5 aromatic rings. The number of nitrogens with zero attached hydrogens (tertiary/aromatic N) is 6. The highest BCUT2D eigenvalue weighted by molar-refractivity contribution is 6.25. The number of benzene rings is 2. The molecule has 3 fully saturated rings. The van der Waals surface area contributed by atoms with Gasteiger partial charge in [-0.3, -0.25) is 28.5 Å². The van der Waals surface area contributed by atoms with Crippen LogP contribution in [0.25, 0.3) is 28.0 Å². The Morgan fingerprint density at radius 3 is 2.03 bits per heavy atom. The van der Waals surface area contributed by atoms with E-state index in [1.54, 1.807) is 18.2 Å². The number of piperazine rings is 1. The van der Waals surface area contributed by atoms with Gasteiger partial charge in [-0.15, -0.1) is 0 Å². The first-order chi connectivity index (χ1) is 37.6. The molecule has 1 aliphatic carbocycles. The molecule has 2 aromatic carbocycles. The molecule has 412 valence electrons. The van der Waals surface area contributed by atoms with Crippen LogP contribution in [0.15, 0.2) is 77.6 Å². The second-order valence-corrected chi connectivity index (χ2v) is 19.8. The minimum Gasteiger partial charge on any atom is -0.382 e. The van der Waals surface area contributed by atoms with Gasteiger partial charge in [-0.2, -0.15) is 0 Å². The number of hydrogen-bond acceptors (Lipinski definition) is 16. The molecule has 9 rings (SSSR count). The van der Waals surface area contributed by atoms with Crippen molar-refractivity contribution in [3.63, 3.8) is 0 Å².